The lowest BCUT2D eigenvalue weighted by Crippen LogP contribution is -2.04. The number of ether oxygens (including phenoxy) is 1. The van der Waals surface area contributed by atoms with Crippen molar-refractivity contribution >= 4 is 17.4 Å². The van der Waals surface area contributed by atoms with E-state index in [2.05, 4.69) is 4.74 Å². The molecule has 5 nitrogen and oxygen atoms in total. The smallest absolute Gasteiger partial charge is 0.373 e. The molecule has 0 saturated carbocycles. The fourth-order valence-corrected chi connectivity index (χ4v) is 1.51. The monoisotopic (exact) mass is 245 g/mol. The number of ketones is 1. The Labute approximate surface area is 103 Å². The number of furan rings is 1. The van der Waals surface area contributed by atoms with Crippen LogP contribution >= 0.6 is 0 Å². The first-order valence-electron chi connectivity index (χ1n) is 5.21. The van der Waals surface area contributed by atoms with Gasteiger partial charge < -0.3 is 14.9 Å². The highest BCUT2D eigenvalue weighted by Crippen LogP contribution is 2.18. The average molecular weight is 245 g/mol. The molecule has 92 valence electrons. The van der Waals surface area contributed by atoms with Gasteiger partial charge in [-0.25, -0.2) is 4.79 Å². The summed E-state index contributed by atoms with van der Waals surface area (Å²) in [5, 5.41) is 0. The first-order valence-corrected chi connectivity index (χ1v) is 5.21. The zero-order chi connectivity index (χ0) is 13.1. The van der Waals surface area contributed by atoms with Crippen LogP contribution in [0.3, 0.4) is 0 Å². The van der Waals surface area contributed by atoms with E-state index in [0.29, 0.717) is 11.3 Å². The van der Waals surface area contributed by atoms with Crippen molar-refractivity contribution in [1.29, 1.82) is 0 Å². The van der Waals surface area contributed by atoms with Crippen LogP contribution in [0.2, 0.25) is 0 Å². The summed E-state index contributed by atoms with van der Waals surface area (Å²) in [6.45, 7) is 0. The maximum absolute atomic E-state index is 12.1. The molecular weight excluding hydrogens is 234 g/mol. The van der Waals surface area contributed by atoms with Crippen LogP contribution in [-0.4, -0.2) is 18.9 Å². The largest absolute Gasteiger partial charge is 0.463 e. The fourth-order valence-electron chi connectivity index (χ4n) is 1.51. The molecule has 1 aromatic carbocycles. The van der Waals surface area contributed by atoms with Crippen LogP contribution in [0.25, 0.3) is 0 Å². The van der Waals surface area contributed by atoms with Gasteiger partial charge in [0.1, 0.15) is 0 Å². The second-order valence-electron chi connectivity index (χ2n) is 3.57. The first-order chi connectivity index (χ1) is 8.63. The number of nitrogen functional groups attached to an aromatic ring is 1. The average Bonchev–Trinajstić information content (AvgIpc) is 2.87. The molecule has 0 bridgehead atoms. The van der Waals surface area contributed by atoms with Crippen molar-refractivity contribution in [1.82, 2.24) is 0 Å². The Kier molecular flexibility index (Phi) is 3.14. The molecule has 0 aliphatic rings. The van der Waals surface area contributed by atoms with Crippen molar-refractivity contribution in [3.05, 3.63) is 53.5 Å². The Morgan fingerprint density at radius 3 is 2.44 bits per heavy atom. The normalized spacial score (nSPS) is 10.1. The van der Waals surface area contributed by atoms with Gasteiger partial charge in [0, 0.05) is 11.3 Å². The highest BCUT2D eigenvalue weighted by atomic mass is 16.5. The number of hydrogen-bond acceptors (Lipinski definition) is 5. The van der Waals surface area contributed by atoms with E-state index >= 15 is 0 Å². The number of rotatable bonds is 3. The highest BCUT2D eigenvalue weighted by molar-refractivity contribution is 6.10. The van der Waals surface area contributed by atoms with Gasteiger partial charge in [0.15, 0.2) is 5.76 Å². The second kappa shape index (κ2) is 4.75. The number of benzene rings is 1. The predicted molar refractivity (Wildman–Crippen MR) is 64.3 cm³/mol. The summed E-state index contributed by atoms with van der Waals surface area (Å²) in [5.41, 5.74) is 6.39. The number of anilines is 1. The van der Waals surface area contributed by atoms with Crippen molar-refractivity contribution in [2.45, 2.75) is 0 Å². The third-order valence-corrected chi connectivity index (χ3v) is 2.42. The number of carbonyl (C=O) groups excluding carboxylic acids is 2. The molecule has 5 heteroatoms. The van der Waals surface area contributed by atoms with E-state index in [1.54, 1.807) is 24.3 Å². The molecule has 1 heterocycles. The zero-order valence-electron chi connectivity index (χ0n) is 9.67. The summed E-state index contributed by atoms with van der Waals surface area (Å²) in [6, 6.07) is 9.45. The minimum Gasteiger partial charge on any atom is -0.463 e. The van der Waals surface area contributed by atoms with E-state index in [-0.39, 0.29) is 17.3 Å². The molecule has 0 aliphatic heterocycles. The molecule has 0 saturated heterocycles. The van der Waals surface area contributed by atoms with Crippen LogP contribution in [0, 0.1) is 0 Å². The Hall–Kier alpha value is -2.56. The number of methoxy groups -OCH3 is 1. The summed E-state index contributed by atoms with van der Waals surface area (Å²) >= 11 is 0. The van der Waals surface area contributed by atoms with Gasteiger partial charge in [-0.2, -0.15) is 0 Å². The molecular formula is C13H11NO4. The summed E-state index contributed by atoms with van der Waals surface area (Å²) in [6.07, 6.45) is 0. The summed E-state index contributed by atoms with van der Waals surface area (Å²) < 4.78 is 9.62. The van der Waals surface area contributed by atoms with Crippen molar-refractivity contribution in [2.75, 3.05) is 12.8 Å². The predicted octanol–water partition coefficient (Wildman–Crippen LogP) is 1.88. The van der Waals surface area contributed by atoms with Crippen LogP contribution in [0.5, 0.6) is 0 Å². The number of esters is 1. The third kappa shape index (κ3) is 2.10. The minimum atomic E-state index is -0.630. The van der Waals surface area contributed by atoms with Crippen LogP contribution in [0.4, 0.5) is 5.69 Å². The lowest BCUT2D eigenvalue weighted by atomic mass is 10.1. The van der Waals surface area contributed by atoms with Gasteiger partial charge >= 0.3 is 5.97 Å². The van der Waals surface area contributed by atoms with E-state index in [1.165, 1.54) is 19.2 Å². The topological polar surface area (TPSA) is 82.5 Å². The maximum atomic E-state index is 12.1. The quantitative estimate of drug-likeness (QED) is 0.507. The number of hydrogen-bond donors (Lipinski definition) is 1. The van der Waals surface area contributed by atoms with E-state index in [9.17, 15) is 9.59 Å². The lowest BCUT2D eigenvalue weighted by molar-refractivity contribution is 0.0563. The van der Waals surface area contributed by atoms with Gasteiger partial charge in [0.05, 0.1) is 7.11 Å². The van der Waals surface area contributed by atoms with Crippen molar-refractivity contribution in [3.63, 3.8) is 0 Å². The molecule has 2 rings (SSSR count). The van der Waals surface area contributed by atoms with Gasteiger partial charge in [-0.1, -0.05) is 12.1 Å². The van der Waals surface area contributed by atoms with E-state index < -0.39 is 5.97 Å². The minimum absolute atomic E-state index is 0.0182. The SMILES string of the molecule is COC(=O)c1ccc(C(=O)c2ccccc2N)o1. The molecule has 18 heavy (non-hydrogen) atoms. The van der Waals surface area contributed by atoms with Gasteiger partial charge in [-0.05, 0) is 24.3 Å². The van der Waals surface area contributed by atoms with Crippen LogP contribution < -0.4 is 5.73 Å². The van der Waals surface area contributed by atoms with E-state index in [4.69, 9.17) is 10.2 Å². The van der Waals surface area contributed by atoms with Crippen LogP contribution in [-0.2, 0) is 4.74 Å². The fraction of sp³-hybridized carbons (Fsp3) is 0.0769. The molecule has 0 atom stereocenters. The summed E-state index contributed by atoms with van der Waals surface area (Å²) in [7, 11) is 1.24. The Bertz CT molecular complexity index is 601. The standard InChI is InChI=1S/C13H11NO4/c1-17-13(16)11-7-6-10(18-11)12(15)8-4-2-3-5-9(8)14/h2-7H,14H2,1H3. The molecule has 0 amide bonds. The Morgan fingerprint density at radius 1 is 1.11 bits per heavy atom. The van der Waals surface area contributed by atoms with Gasteiger partial charge in [0.2, 0.25) is 11.5 Å². The number of nitrogens with two attached hydrogens (primary N) is 1. The number of carbonyl (C=O) groups is 2. The van der Waals surface area contributed by atoms with Crippen molar-refractivity contribution in [3.8, 4) is 0 Å². The molecule has 0 radical (unpaired) electrons. The second-order valence-corrected chi connectivity index (χ2v) is 3.57. The Balaban J connectivity index is 2.33. The molecule has 0 fully saturated rings. The van der Waals surface area contributed by atoms with Gasteiger partial charge in [-0.3, -0.25) is 4.79 Å². The van der Waals surface area contributed by atoms with Crippen molar-refractivity contribution in [2.24, 2.45) is 0 Å². The molecule has 1 aromatic heterocycles. The maximum Gasteiger partial charge on any atom is 0.373 e. The van der Waals surface area contributed by atoms with Crippen LogP contribution in [0.1, 0.15) is 26.7 Å². The van der Waals surface area contributed by atoms with Crippen LogP contribution in [0.15, 0.2) is 40.8 Å². The molecule has 0 unspecified atom stereocenters. The first kappa shape index (κ1) is 11.9. The summed E-state index contributed by atoms with van der Waals surface area (Å²) in [5.74, 6) is -0.970. The highest BCUT2D eigenvalue weighted by Gasteiger charge is 2.18. The van der Waals surface area contributed by atoms with E-state index in [1.807, 2.05) is 0 Å². The molecule has 2 N–H and O–H groups in total. The third-order valence-electron chi connectivity index (χ3n) is 2.42. The summed E-state index contributed by atoms with van der Waals surface area (Å²) in [4.78, 5) is 23.3. The van der Waals surface area contributed by atoms with Crippen molar-refractivity contribution < 1.29 is 18.7 Å². The van der Waals surface area contributed by atoms with Gasteiger partial charge in [-0.15, -0.1) is 0 Å². The van der Waals surface area contributed by atoms with E-state index in [0.717, 1.165) is 0 Å². The van der Waals surface area contributed by atoms with Gasteiger partial charge in [0.25, 0.3) is 0 Å². The lowest BCUT2D eigenvalue weighted by Gasteiger charge is -2.01. The zero-order valence-corrected chi connectivity index (χ0v) is 9.67. The Morgan fingerprint density at radius 2 is 1.78 bits per heavy atom. The number of para-hydroxylation sites is 1. The molecule has 0 spiro atoms. The molecule has 2 aromatic rings. The molecule has 0 aliphatic carbocycles.